The van der Waals surface area contributed by atoms with Gasteiger partial charge in [0.05, 0.1) is 11.0 Å². The lowest BCUT2D eigenvalue weighted by atomic mass is 10.2. The van der Waals surface area contributed by atoms with Crippen LogP contribution in [0, 0.1) is 15.9 Å². The van der Waals surface area contributed by atoms with Crippen molar-refractivity contribution in [1.82, 2.24) is 4.98 Å². The SMILES string of the molecule is O=[N+]([O-])c1cc(F)cc(NCCc2ccccn2)c1. The average Bonchev–Trinajstić information content (AvgIpc) is 2.39. The first kappa shape index (κ1) is 12.9. The second-order valence-electron chi connectivity index (χ2n) is 3.95. The number of rotatable bonds is 5. The van der Waals surface area contributed by atoms with Gasteiger partial charge in [0.15, 0.2) is 0 Å². The van der Waals surface area contributed by atoms with Gasteiger partial charge in [0.2, 0.25) is 0 Å². The molecule has 1 N–H and O–H groups in total. The number of pyridine rings is 1. The van der Waals surface area contributed by atoms with Gasteiger partial charge in [-0.3, -0.25) is 15.1 Å². The molecule has 5 nitrogen and oxygen atoms in total. The van der Waals surface area contributed by atoms with E-state index < -0.39 is 10.7 Å². The van der Waals surface area contributed by atoms with Gasteiger partial charge in [-0.25, -0.2) is 4.39 Å². The monoisotopic (exact) mass is 261 g/mol. The van der Waals surface area contributed by atoms with Crippen molar-refractivity contribution in [2.75, 3.05) is 11.9 Å². The highest BCUT2D eigenvalue weighted by atomic mass is 19.1. The minimum absolute atomic E-state index is 0.264. The molecule has 1 aromatic heterocycles. The lowest BCUT2D eigenvalue weighted by Crippen LogP contribution is -2.06. The summed E-state index contributed by atoms with van der Waals surface area (Å²) in [5.41, 5.74) is 1.03. The van der Waals surface area contributed by atoms with Gasteiger partial charge in [-0.2, -0.15) is 0 Å². The van der Waals surface area contributed by atoms with Crippen LogP contribution < -0.4 is 5.32 Å². The van der Waals surface area contributed by atoms with E-state index in [9.17, 15) is 14.5 Å². The minimum Gasteiger partial charge on any atom is -0.384 e. The third-order valence-electron chi connectivity index (χ3n) is 2.53. The number of aromatic nitrogens is 1. The molecule has 0 spiro atoms. The van der Waals surface area contributed by atoms with Crippen LogP contribution in [0.3, 0.4) is 0 Å². The fourth-order valence-corrected chi connectivity index (χ4v) is 1.66. The maximum absolute atomic E-state index is 13.2. The maximum Gasteiger partial charge on any atom is 0.274 e. The van der Waals surface area contributed by atoms with Crippen LogP contribution in [0.2, 0.25) is 0 Å². The van der Waals surface area contributed by atoms with Crippen LogP contribution in [0.5, 0.6) is 0 Å². The van der Waals surface area contributed by atoms with Crippen molar-refractivity contribution in [1.29, 1.82) is 0 Å². The van der Waals surface area contributed by atoms with E-state index in [1.54, 1.807) is 6.20 Å². The highest BCUT2D eigenvalue weighted by Gasteiger charge is 2.09. The Bertz CT molecular complexity index is 575. The van der Waals surface area contributed by atoms with Gasteiger partial charge in [0.1, 0.15) is 5.82 Å². The summed E-state index contributed by atoms with van der Waals surface area (Å²) in [6, 6.07) is 9.02. The normalized spacial score (nSPS) is 10.2. The number of benzene rings is 1. The van der Waals surface area contributed by atoms with E-state index in [4.69, 9.17) is 0 Å². The van der Waals surface area contributed by atoms with Crippen LogP contribution in [0.15, 0.2) is 42.6 Å². The topological polar surface area (TPSA) is 68.1 Å². The molecule has 0 aliphatic rings. The highest BCUT2D eigenvalue weighted by molar-refractivity contribution is 5.51. The van der Waals surface area contributed by atoms with E-state index in [-0.39, 0.29) is 5.69 Å². The van der Waals surface area contributed by atoms with E-state index >= 15 is 0 Å². The predicted molar refractivity (Wildman–Crippen MR) is 69.5 cm³/mol. The summed E-state index contributed by atoms with van der Waals surface area (Å²) in [4.78, 5) is 14.1. The Hall–Kier alpha value is -2.50. The van der Waals surface area contributed by atoms with Gasteiger partial charge in [-0.15, -0.1) is 0 Å². The summed E-state index contributed by atoms with van der Waals surface area (Å²) in [6.07, 6.45) is 2.35. The van der Waals surface area contributed by atoms with Crippen LogP contribution >= 0.6 is 0 Å². The van der Waals surface area contributed by atoms with Crippen LogP contribution in [-0.2, 0) is 6.42 Å². The molecule has 0 saturated carbocycles. The fourth-order valence-electron chi connectivity index (χ4n) is 1.66. The molecule has 2 aromatic rings. The van der Waals surface area contributed by atoms with E-state index in [0.29, 0.717) is 18.7 Å². The number of nitro groups is 1. The lowest BCUT2D eigenvalue weighted by molar-refractivity contribution is -0.385. The number of nitrogens with one attached hydrogen (secondary N) is 1. The van der Waals surface area contributed by atoms with E-state index in [1.807, 2.05) is 18.2 Å². The second kappa shape index (κ2) is 5.90. The molecule has 2 rings (SSSR count). The molecule has 0 unspecified atom stereocenters. The first-order valence-electron chi connectivity index (χ1n) is 5.74. The molecule has 0 bridgehead atoms. The molecule has 0 aliphatic heterocycles. The summed E-state index contributed by atoms with van der Waals surface area (Å²) in [6.45, 7) is 0.525. The molecule has 6 heteroatoms. The van der Waals surface area contributed by atoms with Crippen molar-refractivity contribution in [2.24, 2.45) is 0 Å². The molecule has 0 atom stereocenters. The van der Waals surface area contributed by atoms with Gasteiger partial charge in [-0.05, 0) is 18.2 Å². The molecule has 0 fully saturated rings. The number of non-ortho nitro benzene ring substituents is 1. The minimum atomic E-state index is -0.630. The Morgan fingerprint density at radius 2 is 2.16 bits per heavy atom. The van der Waals surface area contributed by atoms with Gasteiger partial charge in [0.25, 0.3) is 5.69 Å². The average molecular weight is 261 g/mol. The molecule has 0 amide bonds. The summed E-state index contributed by atoms with van der Waals surface area (Å²) < 4.78 is 13.2. The predicted octanol–water partition coefficient (Wildman–Crippen LogP) is 2.78. The van der Waals surface area contributed by atoms with Gasteiger partial charge < -0.3 is 5.32 Å². The Morgan fingerprint density at radius 1 is 1.32 bits per heavy atom. The Labute approximate surface area is 109 Å². The van der Waals surface area contributed by atoms with Crippen molar-refractivity contribution in [3.05, 3.63) is 64.2 Å². The zero-order chi connectivity index (χ0) is 13.7. The summed E-state index contributed by atoms with van der Waals surface area (Å²) in [5, 5.41) is 13.5. The molecule has 1 aromatic carbocycles. The third-order valence-corrected chi connectivity index (χ3v) is 2.53. The van der Waals surface area contributed by atoms with Crippen LogP contribution in [-0.4, -0.2) is 16.5 Å². The quantitative estimate of drug-likeness (QED) is 0.663. The van der Waals surface area contributed by atoms with Crippen molar-refractivity contribution in [2.45, 2.75) is 6.42 Å². The molecule has 1 heterocycles. The lowest BCUT2D eigenvalue weighted by Gasteiger charge is -2.06. The Morgan fingerprint density at radius 3 is 2.84 bits per heavy atom. The smallest absolute Gasteiger partial charge is 0.274 e. The van der Waals surface area contributed by atoms with Crippen molar-refractivity contribution in [3.8, 4) is 0 Å². The number of nitro benzene ring substituents is 1. The Balaban J connectivity index is 1.98. The van der Waals surface area contributed by atoms with Crippen molar-refractivity contribution < 1.29 is 9.31 Å². The molecular weight excluding hydrogens is 249 g/mol. The molecule has 98 valence electrons. The van der Waals surface area contributed by atoms with E-state index in [0.717, 1.165) is 11.8 Å². The number of nitrogens with zero attached hydrogens (tertiary/aromatic N) is 2. The number of halogens is 1. The van der Waals surface area contributed by atoms with Gasteiger partial charge in [-0.1, -0.05) is 6.07 Å². The van der Waals surface area contributed by atoms with Gasteiger partial charge in [0, 0.05) is 36.6 Å². The van der Waals surface area contributed by atoms with Crippen LogP contribution in [0.1, 0.15) is 5.69 Å². The molecule has 0 radical (unpaired) electrons. The zero-order valence-corrected chi connectivity index (χ0v) is 10.0. The molecular formula is C13H12FN3O2. The second-order valence-corrected chi connectivity index (χ2v) is 3.95. The summed E-state index contributed by atoms with van der Waals surface area (Å²) in [7, 11) is 0. The van der Waals surface area contributed by atoms with Crippen molar-refractivity contribution in [3.63, 3.8) is 0 Å². The maximum atomic E-state index is 13.2. The molecule has 19 heavy (non-hydrogen) atoms. The zero-order valence-electron chi connectivity index (χ0n) is 10.0. The van der Waals surface area contributed by atoms with Crippen molar-refractivity contribution >= 4 is 11.4 Å². The highest BCUT2D eigenvalue weighted by Crippen LogP contribution is 2.19. The molecule has 0 aliphatic carbocycles. The third kappa shape index (κ3) is 3.74. The fraction of sp³-hybridized carbons (Fsp3) is 0.154. The van der Waals surface area contributed by atoms with Gasteiger partial charge >= 0.3 is 0 Å². The molecule has 0 saturated heterocycles. The standard InChI is InChI=1S/C13H12FN3O2/c14-10-7-12(9-13(8-10)17(18)19)16-6-4-11-3-1-2-5-15-11/h1-3,5,7-9,16H,4,6H2. The first-order valence-corrected chi connectivity index (χ1v) is 5.74. The van der Waals surface area contributed by atoms with Crippen LogP contribution in [0.4, 0.5) is 15.8 Å². The summed E-state index contributed by atoms with van der Waals surface area (Å²) >= 11 is 0. The number of hydrogen-bond donors (Lipinski definition) is 1. The largest absolute Gasteiger partial charge is 0.384 e. The number of hydrogen-bond acceptors (Lipinski definition) is 4. The number of anilines is 1. The van der Waals surface area contributed by atoms with Crippen LogP contribution in [0.25, 0.3) is 0 Å². The van der Waals surface area contributed by atoms with E-state index in [2.05, 4.69) is 10.3 Å². The summed E-state index contributed by atoms with van der Waals surface area (Å²) in [5.74, 6) is -0.630. The first-order chi connectivity index (χ1) is 9.15. The Kier molecular flexibility index (Phi) is 4.02. The van der Waals surface area contributed by atoms with E-state index in [1.165, 1.54) is 12.1 Å².